The summed E-state index contributed by atoms with van der Waals surface area (Å²) in [5, 5.41) is 2.64. The highest BCUT2D eigenvalue weighted by Crippen LogP contribution is 2.33. The van der Waals surface area contributed by atoms with Crippen molar-refractivity contribution in [2.45, 2.75) is 0 Å². The van der Waals surface area contributed by atoms with Crippen LogP contribution in [0.3, 0.4) is 0 Å². The number of nitrogens with one attached hydrogen (secondary N) is 1. The predicted molar refractivity (Wildman–Crippen MR) is 86.6 cm³/mol. The van der Waals surface area contributed by atoms with Crippen molar-refractivity contribution in [2.75, 3.05) is 19.5 Å². The number of halogens is 2. The molecular weight excluding hydrogens is 388 g/mol. The standard InChI is InChI=1S/C15H13FINO3/c1-20-13-7-9(6-12(17)14(13)21-2)15(19)18-11-5-3-4-10(16)8-11/h3-8H,1-2H3,(H,18,19). The lowest BCUT2D eigenvalue weighted by atomic mass is 10.2. The Kier molecular flexibility index (Phi) is 5.00. The fourth-order valence-corrected chi connectivity index (χ4v) is 2.64. The molecule has 0 radical (unpaired) electrons. The van der Waals surface area contributed by atoms with Gasteiger partial charge in [0.1, 0.15) is 5.82 Å². The summed E-state index contributed by atoms with van der Waals surface area (Å²) in [6, 6.07) is 8.97. The quantitative estimate of drug-likeness (QED) is 0.796. The molecule has 2 aromatic carbocycles. The van der Waals surface area contributed by atoms with E-state index in [1.165, 1.54) is 32.4 Å². The van der Waals surface area contributed by atoms with Gasteiger partial charge in [0, 0.05) is 11.3 Å². The van der Waals surface area contributed by atoms with Gasteiger partial charge in [0.15, 0.2) is 11.5 Å². The molecule has 0 saturated heterocycles. The van der Waals surface area contributed by atoms with E-state index in [4.69, 9.17) is 9.47 Å². The van der Waals surface area contributed by atoms with Crippen molar-refractivity contribution < 1.29 is 18.7 Å². The molecule has 0 aromatic heterocycles. The van der Waals surface area contributed by atoms with Gasteiger partial charge in [0.25, 0.3) is 5.91 Å². The van der Waals surface area contributed by atoms with Gasteiger partial charge in [-0.3, -0.25) is 4.79 Å². The van der Waals surface area contributed by atoms with E-state index in [0.717, 1.165) is 3.57 Å². The van der Waals surface area contributed by atoms with Crippen molar-refractivity contribution in [3.8, 4) is 11.5 Å². The van der Waals surface area contributed by atoms with Crippen LogP contribution in [0.4, 0.5) is 10.1 Å². The van der Waals surface area contributed by atoms with E-state index in [0.29, 0.717) is 22.7 Å². The molecule has 2 rings (SSSR count). The van der Waals surface area contributed by atoms with E-state index >= 15 is 0 Å². The van der Waals surface area contributed by atoms with Crippen LogP contribution in [-0.4, -0.2) is 20.1 Å². The van der Waals surface area contributed by atoms with Crippen LogP contribution >= 0.6 is 22.6 Å². The normalized spacial score (nSPS) is 10.1. The lowest BCUT2D eigenvalue weighted by molar-refractivity contribution is 0.102. The second-order valence-corrected chi connectivity index (χ2v) is 5.32. The second-order valence-electron chi connectivity index (χ2n) is 4.16. The second kappa shape index (κ2) is 6.75. The number of carbonyl (C=O) groups is 1. The van der Waals surface area contributed by atoms with Crippen molar-refractivity contribution in [1.82, 2.24) is 0 Å². The van der Waals surface area contributed by atoms with Gasteiger partial charge < -0.3 is 14.8 Å². The molecule has 4 nitrogen and oxygen atoms in total. The fourth-order valence-electron chi connectivity index (χ4n) is 1.82. The van der Waals surface area contributed by atoms with Crippen LogP contribution in [0.5, 0.6) is 11.5 Å². The average Bonchev–Trinajstić information content (AvgIpc) is 2.46. The Labute approximate surface area is 135 Å². The Bertz CT molecular complexity index is 676. The minimum Gasteiger partial charge on any atom is -0.493 e. The predicted octanol–water partition coefficient (Wildman–Crippen LogP) is 3.70. The maximum atomic E-state index is 13.1. The van der Waals surface area contributed by atoms with Crippen LogP contribution in [0, 0.1) is 9.39 Å². The lowest BCUT2D eigenvalue weighted by Crippen LogP contribution is -2.12. The highest BCUT2D eigenvalue weighted by Gasteiger charge is 2.15. The van der Waals surface area contributed by atoms with E-state index < -0.39 is 5.82 Å². The van der Waals surface area contributed by atoms with Crippen molar-refractivity contribution in [3.05, 3.63) is 51.3 Å². The number of amides is 1. The van der Waals surface area contributed by atoms with Gasteiger partial charge in [-0.2, -0.15) is 0 Å². The summed E-state index contributed by atoms with van der Waals surface area (Å²) >= 11 is 2.06. The number of anilines is 1. The van der Waals surface area contributed by atoms with Crippen LogP contribution in [-0.2, 0) is 0 Å². The Morgan fingerprint density at radius 1 is 1.19 bits per heavy atom. The zero-order valence-corrected chi connectivity index (χ0v) is 13.6. The molecule has 0 aliphatic carbocycles. The van der Waals surface area contributed by atoms with Crippen LogP contribution in [0.25, 0.3) is 0 Å². The van der Waals surface area contributed by atoms with Gasteiger partial charge >= 0.3 is 0 Å². The summed E-state index contributed by atoms with van der Waals surface area (Å²) in [4.78, 5) is 12.2. The number of benzene rings is 2. The molecule has 2 aromatic rings. The van der Waals surface area contributed by atoms with Crippen LogP contribution in [0.1, 0.15) is 10.4 Å². The third-order valence-corrected chi connectivity index (χ3v) is 3.58. The topological polar surface area (TPSA) is 47.6 Å². The molecule has 0 aliphatic rings. The van der Waals surface area contributed by atoms with E-state index in [1.54, 1.807) is 18.2 Å². The molecule has 0 saturated carbocycles. The Hall–Kier alpha value is -1.83. The van der Waals surface area contributed by atoms with Gasteiger partial charge in [-0.15, -0.1) is 0 Å². The van der Waals surface area contributed by atoms with Crippen molar-refractivity contribution in [3.63, 3.8) is 0 Å². The van der Waals surface area contributed by atoms with Gasteiger partial charge in [-0.05, 0) is 52.9 Å². The summed E-state index contributed by atoms with van der Waals surface area (Å²) < 4.78 is 24.3. The van der Waals surface area contributed by atoms with Crippen LogP contribution in [0.2, 0.25) is 0 Å². The molecule has 0 aliphatic heterocycles. The van der Waals surface area contributed by atoms with Gasteiger partial charge in [0.05, 0.1) is 17.8 Å². The van der Waals surface area contributed by atoms with Gasteiger partial charge in [-0.1, -0.05) is 6.07 Å². The summed E-state index contributed by atoms with van der Waals surface area (Å²) in [6.45, 7) is 0. The van der Waals surface area contributed by atoms with Crippen LogP contribution < -0.4 is 14.8 Å². The molecule has 0 heterocycles. The summed E-state index contributed by atoms with van der Waals surface area (Å²) in [5.74, 6) is 0.281. The summed E-state index contributed by atoms with van der Waals surface area (Å²) in [7, 11) is 3.04. The SMILES string of the molecule is COc1cc(C(=O)Nc2cccc(F)c2)cc(I)c1OC. The molecule has 0 atom stereocenters. The smallest absolute Gasteiger partial charge is 0.255 e. The first-order valence-electron chi connectivity index (χ1n) is 6.03. The van der Waals surface area contributed by atoms with Crippen molar-refractivity contribution in [1.29, 1.82) is 0 Å². The zero-order chi connectivity index (χ0) is 15.4. The van der Waals surface area contributed by atoms with Crippen molar-refractivity contribution >= 4 is 34.2 Å². The number of methoxy groups -OCH3 is 2. The largest absolute Gasteiger partial charge is 0.493 e. The molecule has 0 spiro atoms. The molecule has 1 amide bonds. The third-order valence-electron chi connectivity index (χ3n) is 2.78. The third kappa shape index (κ3) is 3.63. The number of hydrogen-bond acceptors (Lipinski definition) is 3. The maximum Gasteiger partial charge on any atom is 0.255 e. The van der Waals surface area contributed by atoms with E-state index in [1.807, 2.05) is 0 Å². The zero-order valence-electron chi connectivity index (χ0n) is 11.4. The molecule has 0 fully saturated rings. The molecular formula is C15H13FINO3. The Balaban J connectivity index is 2.29. The molecule has 110 valence electrons. The highest BCUT2D eigenvalue weighted by molar-refractivity contribution is 14.1. The molecule has 1 N–H and O–H groups in total. The van der Waals surface area contributed by atoms with Gasteiger partial charge in [0.2, 0.25) is 0 Å². The average molecular weight is 401 g/mol. The first kappa shape index (κ1) is 15.6. The number of rotatable bonds is 4. The van der Waals surface area contributed by atoms with E-state index in [9.17, 15) is 9.18 Å². The molecule has 0 bridgehead atoms. The monoisotopic (exact) mass is 401 g/mol. The van der Waals surface area contributed by atoms with Crippen molar-refractivity contribution in [2.24, 2.45) is 0 Å². The van der Waals surface area contributed by atoms with E-state index in [2.05, 4.69) is 27.9 Å². The summed E-state index contributed by atoms with van der Waals surface area (Å²) in [5.41, 5.74) is 0.797. The number of hydrogen-bond donors (Lipinski definition) is 1. The maximum absolute atomic E-state index is 13.1. The minimum atomic E-state index is -0.408. The Morgan fingerprint density at radius 3 is 2.57 bits per heavy atom. The lowest BCUT2D eigenvalue weighted by Gasteiger charge is -2.12. The fraction of sp³-hybridized carbons (Fsp3) is 0.133. The van der Waals surface area contributed by atoms with Crippen LogP contribution in [0.15, 0.2) is 36.4 Å². The first-order chi connectivity index (χ1) is 10.0. The number of ether oxygens (including phenoxy) is 2. The minimum absolute atomic E-state index is 0.348. The highest BCUT2D eigenvalue weighted by atomic mass is 127. The Morgan fingerprint density at radius 2 is 1.95 bits per heavy atom. The van der Waals surface area contributed by atoms with E-state index in [-0.39, 0.29) is 5.91 Å². The van der Waals surface area contributed by atoms with Gasteiger partial charge in [-0.25, -0.2) is 4.39 Å². The summed E-state index contributed by atoms with van der Waals surface area (Å²) in [6.07, 6.45) is 0. The molecule has 0 unspecified atom stereocenters. The molecule has 21 heavy (non-hydrogen) atoms. The first-order valence-corrected chi connectivity index (χ1v) is 7.11. The number of carbonyl (C=O) groups excluding carboxylic acids is 1. The molecule has 6 heteroatoms.